The topological polar surface area (TPSA) is 60.2 Å². The Balaban J connectivity index is 1.19. The molecule has 0 radical (unpaired) electrons. The monoisotopic (exact) mass is 498 g/mol. The molecule has 7 heteroatoms. The van der Waals surface area contributed by atoms with E-state index in [0.29, 0.717) is 36.6 Å². The second-order valence-corrected chi connectivity index (χ2v) is 10.5. The fourth-order valence-electron chi connectivity index (χ4n) is 4.89. The summed E-state index contributed by atoms with van der Waals surface area (Å²) in [6.07, 6.45) is 7.64. The highest BCUT2D eigenvalue weighted by Gasteiger charge is 2.26. The minimum absolute atomic E-state index is 0.0698. The molecule has 7 rings (SSSR count). The first kappa shape index (κ1) is 21.9. The van der Waals surface area contributed by atoms with Crippen LogP contribution in [0.1, 0.15) is 59.8 Å². The lowest BCUT2D eigenvalue weighted by Crippen LogP contribution is -2.37. The molecule has 6 nitrogen and oxygen atoms in total. The number of aromatic nitrogens is 2. The zero-order valence-corrected chi connectivity index (χ0v) is 20.6. The molecule has 1 N–H and O–H groups in total. The van der Waals surface area contributed by atoms with Crippen molar-refractivity contribution in [3.8, 4) is 11.6 Å². The van der Waals surface area contributed by atoms with E-state index in [-0.39, 0.29) is 6.04 Å². The van der Waals surface area contributed by atoms with Gasteiger partial charge in [-0.25, -0.2) is 10.00 Å². The predicted molar refractivity (Wildman–Crippen MR) is 140 cm³/mol. The van der Waals surface area contributed by atoms with E-state index < -0.39 is 0 Å². The summed E-state index contributed by atoms with van der Waals surface area (Å²) in [6.45, 7) is 0.463. The highest BCUT2D eigenvalue weighted by Crippen LogP contribution is 2.42. The van der Waals surface area contributed by atoms with E-state index in [0.717, 1.165) is 27.4 Å². The van der Waals surface area contributed by atoms with Crippen LogP contribution in [0.5, 0.6) is 11.6 Å². The van der Waals surface area contributed by atoms with Gasteiger partial charge in [-0.15, -0.1) is 5.10 Å². The van der Waals surface area contributed by atoms with Crippen LogP contribution in [0.25, 0.3) is 5.52 Å². The second-order valence-electron chi connectivity index (χ2n) is 10.1. The Morgan fingerprint density at radius 1 is 0.972 bits per heavy atom. The Morgan fingerprint density at radius 3 is 2.61 bits per heavy atom. The third-order valence-electron chi connectivity index (χ3n) is 7.19. The first-order valence-corrected chi connectivity index (χ1v) is 13.1. The van der Waals surface area contributed by atoms with Crippen molar-refractivity contribution in [2.45, 2.75) is 50.0 Å². The fraction of sp³-hybridized carbons (Fsp3) is 0.310. The average molecular weight is 499 g/mol. The highest BCUT2D eigenvalue weighted by molar-refractivity contribution is 6.31. The Morgan fingerprint density at radius 2 is 1.81 bits per heavy atom. The number of nitrogens with one attached hydrogen (secondary N) is 1. The van der Waals surface area contributed by atoms with E-state index in [1.165, 1.54) is 36.8 Å². The van der Waals surface area contributed by atoms with E-state index in [9.17, 15) is 0 Å². The molecule has 182 valence electrons. The molecule has 2 aromatic heterocycles. The molecule has 1 aliphatic heterocycles. The summed E-state index contributed by atoms with van der Waals surface area (Å²) in [7, 11) is 0. The van der Waals surface area contributed by atoms with Crippen molar-refractivity contribution >= 4 is 23.0 Å². The van der Waals surface area contributed by atoms with Gasteiger partial charge in [-0.05, 0) is 97.0 Å². The minimum Gasteiger partial charge on any atom is -0.437 e. The van der Waals surface area contributed by atoms with Gasteiger partial charge >= 0.3 is 0 Å². The largest absolute Gasteiger partial charge is 0.437 e. The third-order valence-corrected chi connectivity index (χ3v) is 7.55. The highest BCUT2D eigenvalue weighted by atomic mass is 35.5. The molecule has 1 atom stereocenters. The van der Waals surface area contributed by atoms with Crippen LogP contribution in [0.2, 0.25) is 5.02 Å². The molecule has 4 aromatic rings. The SMILES string of the molecule is Clc1cc(C2CC2)ccc1C[C@@H]1CONC(c2cc3cccn3nc2Oc2cccc(C3CC3)c2)=N1. The normalized spacial score (nSPS) is 19.7. The maximum Gasteiger partial charge on any atom is 0.248 e. The maximum atomic E-state index is 6.64. The summed E-state index contributed by atoms with van der Waals surface area (Å²) in [6, 6.07) is 20.7. The summed E-state index contributed by atoms with van der Waals surface area (Å²) in [5.41, 5.74) is 8.47. The Bertz CT molecular complexity index is 1470. The van der Waals surface area contributed by atoms with E-state index in [1.807, 2.05) is 41.0 Å². The molecule has 2 aliphatic carbocycles. The van der Waals surface area contributed by atoms with Crippen molar-refractivity contribution in [2.24, 2.45) is 4.99 Å². The van der Waals surface area contributed by atoms with Crippen molar-refractivity contribution < 1.29 is 9.57 Å². The van der Waals surface area contributed by atoms with E-state index in [1.54, 1.807) is 0 Å². The maximum absolute atomic E-state index is 6.64. The number of amidine groups is 1. The van der Waals surface area contributed by atoms with Crippen LogP contribution in [-0.2, 0) is 11.3 Å². The lowest BCUT2D eigenvalue weighted by atomic mass is 10.0. The first-order chi connectivity index (χ1) is 17.7. The van der Waals surface area contributed by atoms with Crippen LogP contribution in [0.3, 0.4) is 0 Å². The quantitative estimate of drug-likeness (QED) is 0.319. The zero-order chi connectivity index (χ0) is 24.1. The lowest BCUT2D eigenvalue weighted by molar-refractivity contribution is 0.0623. The standard InChI is InChI=1S/C29H27ClN4O2/c30-27-15-21(19-8-9-19)10-11-22(27)13-23-17-35-33-28(31-23)26-16-24-4-2-12-34(24)32-29(26)36-25-5-1-3-20(14-25)18-6-7-18/h1-5,10-12,14-16,18-19,23H,6-9,13,17H2,(H,31,33)/t23-/m1/s1. The molecule has 2 fully saturated rings. The van der Waals surface area contributed by atoms with Gasteiger partial charge in [0.25, 0.3) is 0 Å². The van der Waals surface area contributed by atoms with Gasteiger partial charge in [0.1, 0.15) is 5.75 Å². The molecular weight excluding hydrogens is 472 g/mol. The molecule has 36 heavy (non-hydrogen) atoms. The summed E-state index contributed by atoms with van der Waals surface area (Å²) in [4.78, 5) is 10.8. The Hall–Kier alpha value is -3.35. The summed E-state index contributed by atoms with van der Waals surface area (Å²) in [5, 5.41) is 5.56. The molecule has 2 aromatic carbocycles. The van der Waals surface area contributed by atoms with Crippen LogP contribution < -0.4 is 10.2 Å². The van der Waals surface area contributed by atoms with Crippen molar-refractivity contribution in [2.75, 3.05) is 6.61 Å². The number of fused-ring (bicyclic) bond motifs is 1. The van der Waals surface area contributed by atoms with Crippen LogP contribution in [-0.4, -0.2) is 28.1 Å². The second kappa shape index (κ2) is 8.95. The van der Waals surface area contributed by atoms with Crippen molar-refractivity contribution in [3.05, 3.63) is 94.1 Å². The summed E-state index contributed by atoms with van der Waals surface area (Å²) >= 11 is 6.64. The van der Waals surface area contributed by atoms with Crippen LogP contribution >= 0.6 is 11.6 Å². The zero-order valence-electron chi connectivity index (χ0n) is 19.9. The molecule has 2 saturated carbocycles. The number of hydrogen-bond acceptors (Lipinski definition) is 5. The van der Waals surface area contributed by atoms with Gasteiger partial charge in [0.05, 0.1) is 23.7 Å². The first-order valence-electron chi connectivity index (χ1n) is 12.7. The van der Waals surface area contributed by atoms with Gasteiger partial charge in [-0.2, -0.15) is 0 Å². The summed E-state index contributed by atoms with van der Waals surface area (Å²) in [5.74, 6) is 3.20. The van der Waals surface area contributed by atoms with Gasteiger partial charge in [0.2, 0.25) is 5.88 Å². The van der Waals surface area contributed by atoms with Crippen LogP contribution in [0.15, 0.2) is 71.9 Å². The molecule has 0 amide bonds. The number of hydrogen-bond donors (Lipinski definition) is 1. The predicted octanol–water partition coefficient (Wildman–Crippen LogP) is 6.43. The smallest absolute Gasteiger partial charge is 0.248 e. The fourth-order valence-corrected chi connectivity index (χ4v) is 5.16. The molecule has 3 heterocycles. The number of nitrogens with zero attached hydrogens (tertiary/aromatic N) is 3. The van der Waals surface area contributed by atoms with Crippen LogP contribution in [0.4, 0.5) is 0 Å². The molecular formula is C29H27ClN4O2. The van der Waals surface area contributed by atoms with Crippen molar-refractivity contribution in [1.82, 2.24) is 15.1 Å². The molecule has 0 saturated heterocycles. The molecule has 3 aliphatic rings. The van der Waals surface area contributed by atoms with Gasteiger partial charge < -0.3 is 4.74 Å². The number of ether oxygens (including phenoxy) is 1. The van der Waals surface area contributed by atoms with Gasteiger partial charge in [-0.3, -0.25) is 9.83 Å². The number of benzene rings is 2. The summed E-state index contributed by atoms with van der Waals surface area (Å²) < 4.78 is 8.16. The van der Waals surface area contributed by atoms with Crippen molar-refractivity contribution in [3.63, 3.8) is 0 Å². The number of aliphatic imine (C=N–C) groups is 1. The van der Waals surface area contributed by atoms with E-state index >= 15 is 0 Å². The third kappa shape index (κ3) is 4.47. The van der Waals surface area contributed by atoms with Gasteiger partial charge in [0, 0.05) is 11.2 Å². The molecule has 0 spiro atoms. The number of hydroxylamine groups is 1. The average Bonchev–Trinajstić information content (AvgIpc) is 3.82. The van der Waals surface area contributed by atoms with E-state index in [4.69, 9.17) is 31.3 Å². The molecule has 0 unspecified atom stereocenters. The van der Waals surface area contributed by atoms with Crippen LogP contribution in [0, 0.1) is 0 Å². The Labute approximate surface area is 214 Å². The minimum atomic E-state index is -0.0698. The molecule has 0 bridgehead atoms. The van der Waals surface area contributed by atoms with Gasteiger partial charge in [0.15, 0.2) is 5.84 Å². The Kier molecular flexibility index (Phi) is 5.44. The lowest BCUT2D eigenvalue weighted by Gasteiger charge is -2.23. The number of rotatable bonds is 7. The van der Waals surface area contributed by atoms with Crippen molar-refractivity contribution in [1.29, 1.82) is 0 Å². The van der Waals surface area contributed by atoms with Gasteiger partial charge in [-0.1, -0.05) is 35.9 Å². The number of halogens is 1. The van der Waals surface area contributed by atoms with E-state index in [2.05, 4.69) is 35.8 Å².